The molecule has 1 saturated heterocycles. The Morgan fingerprint density at radius 3 is 2.72 bits per heavy atom. The van der Waals surface area contributed by atoms with Gasteiger partial charge < -0.3 is 9.72 Å². The first kappa shape index (κ1) is 12.0. The maximum absolute atomic E-state index is 5.34. The Balaban J connectivity index is 1.84. The van der Waals surface area contributed by atoms with Crippen molar-refractivity contribution in [2.24, 2.45) is 0 Å². The van der Waals surface area contributed by atoms with Crippen LogP contribution in [0.25, 0.3) is 11.0 Å². The molecular weight excluding hydrogens is 246 g/mol. The van der Waals surface area contributed by atoms with Gasteiger partial charge in [-0.3, -0.25) is 0 Å². The predicted molar refractivity (Wildman–Crippen MR) is 73.8 cm³/mol. The summed E-state index contributed by atoms with van der Waals surface area (Å²) in [5, 5.41) is 0.969. The number of nitrogens with zero attached hydrogens (tertiary/aromatic N) is 2. The van der Waals surface area contributed by atoms with Gasteiger partial charge in [-0.2, -0.15) is 0 Å². The number of aromatic nitrogens is 2. The minimum Gasteiger partial charge on any atom is -0.379 e. The maximum atomic E-state index is 5.34. The standard InChI is InChI=1S/C13H17N3OS/c1-9-7-11-12(8-10(9)2)15-13(14-11)18-16-3-5-17-6-4-16/h7-8H,3-6H2,1-2H3,(H,14,15). The van der Waals surface area contributed by atoms with Gasteiger partial charge in [0.25, 0.3) is 0 Å². The first-order valence-electron chi connectivity index (χ1n) is 6.20. The van der Waals surface area contributed by atoms with Gasteiger partial charge in [0.2, 0.25) is 0 Å². The molecule has 0 bridgehead atoms. The monoisotopic (exact) mass is 263 g/mol. The van der Waals surface area contributed by atoms with Gasteiger partial charge in [-0.05, 0) is 49.1 Å². The largest absolute Gasteiger partial charge is 0.379 e. The zero-order valence-electron chi connectivity index (χ0n) is 10.7. The van der Waals surface area contributed by atoms with Crippen LogP contribution in [0, 0.1) is 13.8 Å². The van der Waals surface area contributed by atoms with Crippen molar-refractivity contribution in [3.63, 3.8) is 0 Å². The minimum atomic E-state index is 0.811. The molecule has 0 radical (unpaired) electrons. The molecule has 1 aliphatic rings. The van der Waals surface area contributed by atoms with E-state index >= 15 is 0 Å². The number of H-pyrrole nitrogens is 1. The fourth-order valence-corrected chi connectivity index (χ4v) is 2.92. The third kappa shape index (κ3) is 2.39. The quantitative estimate of drug-likeness (QED) is 0.845. The molecule has 5 heteroatoms. The molecular formula is C13H17N3OS. The van der Waals surface area contributed by atoms with Crippen LogP contribution in [0.3, 0.4) is 0 Å². The van der Waals surface area contributed by atoms with E-state index in [1.165, 1.54) is 11.1 Å². The van der Waals surface area contributed by atoms with E-state index < -0.39 is 0 Å². The lowest BCUT2D eigenvalue weighted by molar-refractivity contribution is 0.0772. The normalized spacial score (nSPS) is 17.4. The molecule has 1 N–H and O–H groups in total. The summed E-state index contributed by atoms with van der Waals surface area (Å²) in [4.78, 5) is 8.01. The van der Waals surface area contributed by atoms with Crippen molar-refractivity contribution >= 4 is 23.0 Å². The van der Waals surface area contributed by atoms with Gasteiger partial charge in [0.1, 0.15) is 0 Å². The first-order chi connectivity index (χ1) is 8.72. The van der Waals surface area contributed by atoms with Crippen LogP contribution in [0.2, 0.25) is 0 Å². The molecule has 1 aliphatic heterocycles. The molecule has 3 rings (SSSR count). The van der Waals surface area contributed by atoms with Crippen molar-refractivity contribution in [2.75, 3.05) is 26.3 Å². The Labute approximate surface area is 111 Å². The average molecular weight is 263 g/mol. The summed E-state index contributed by atoms with van der Waals surface area (Å²) in [7, 11) is 0. The third-order valence-electron chi connectivity index (χ3n) is 3.26. The van der Waals surface area contributed by atoms with Crippen LogP contribution in [-0.4, -0.2) is 40.6 Å². The highest BCUT2D eigenvalue weighted by atomic mass is 32.2. The second-order valence-corrected chi connectivity index (χ2v) is 5.71. The highest BCUT2D eigenvalue weighted by Gasteiger charge is 2.14. The zero-order chi connectivity index (χ0) is 12.5. The number of imidazole rings is 1. The molecule has 1 fully saturated rings. The van der Waals surface area contributed by atoms with Crippen molar-refractivity contribution in [1.29, 1.82) is 0 Å². The zero-order valence-corrected chi connectivity index (χ0v) is 11.5. The highest BCUT2D eigenvalue weighted by molar-refractivity contribution is 7.96. The third-order valence-corrected chi connectivity index (χ3v) is 4.25. The number of aryl methyl sites for hydroxylation is 2. The van der Waals surface area contributed by atoms with Crippen molar-refractivity contribution in [3.05, 3.63) is 23.3 Å². The smallest absolute Gasteiger partial charge is 0.181 e. The molecule has 1 aromatic carbocycles. The summed E-state index contributed by atoms with van der Waals surface area (Å²) in [5.41, 5.74) is 4.76. The average Bonchev–Trinajstić information content (AvgIpc) is 2.72. The lowest BCUT2D eigenvalue weighted by Gasteiger charge is -2.23. The number of morpholine rings is 1. The van der Waals surface area contributed by atoms with E-state index in [1.807, 2.05) is 0 Å². The second-order valence-electron chi connectivity index (χ2n) is 4.63. The van der Waals surface area contributed by atoms with E-state index in [2.05, 4.69) is 40.3 Å². The summed E-state index contributed by atoms with van der Waals surface area (Å²) in [5.74, 6) is 0. The van der Waals surface area contributed by atoms with Gasteiger partial charge in [0.05, 0.1) is 24.2 Å². The number of fused-ring (bicyclic) bond motifs is 1. The van der Waals surface area contributed by atoms with E-state index in [9.17, 15) is 0 Å². The fraction of sp³-hybridized carbons (Fsp3) is 0.462. The van der Waals surface area contributed by atoms with Crippen LogP contribution in [-0.2, 0) is 4.74 Å². The molecule has 0 spiro atoms. The van der Waals surface area contributed by atoms with E-state index in [0.29, 0.717) is 0 Å². The van der Waals surface area contributed by atoms with Crippen LogP contribution in [0.4, 0.5) is 0 Å². The Bertz CT molecular complexity index is 522. The summed E-state index contributed by atoms with van der Waals surface area (Å²) in [6, 6.07) is 4.31. The van der Waals surface area contributed by atoms with Gasteiger partial charge in [0.15, 0.2) is 5.16 Å². The van der Waals surface area contributed by atoms with Crippen LogP contribution < -0.4 is 0 Å². The van der Waals surface area contributed by atoms with Crippen molar-refractivity contribution in [3.8, 4) is 0 Å². The lowest BCUT2D eigenvalue weighted by atomic mass is 10.1. The topological polar surface area (TPSA) is 41.2 Å². The van der Waals surface area contributed by atoms with Crippen LogP contribution in [0.1, 0.15) is 11.1 Å². The summed E-state index contributed by atoms with van der Waals surface area (Å²) in [6.45, 7) is 7.79. The van der Waals surface area contributed by atoms with Gasteiger partial charge in [-0.15, -0.1) is 0 Å². The number of hydrogen-bond acceptors (Lipinski definition) is 4. The number of hydrogen-bond donors (Lipinski definition) is 1. The molecule has 0 atom stereocenters. The Morgan fingerprint density at radius 1 is 1.22 bits per heavy atom. The molecule has 0 amide bonds. The Kier molecular flexibility index (Phi) is 3.28. The first-order valence-corrected chi connectivity index (χ1v) is 6.97. The molecule has 2 aromatic rings. The molecule has 0 saturated carbocycles. The Morgan fingerprint density at radius 2 is 1.94 bits per heavy atom. The van der Waals surface area contributed by atoms with Gasteiger partial charge in [-0.1, -0.05) is 0 Å². The number of aromatic amines is 1. The van der Waals surface area contributed by atoms with Gasteiger partial charge in [0, 0.05) is 13.1 Å². The van der Waals surface area contributed by atoms with Crippen LogP contribution in [0.5, 0.6) is 0 Å². The second kappa shape index (κ2) is 4.91. The van der Waals surface area contributed by atoms with Gasteiger partial charge >= 0.3 is 0 Å². The molecule has 1 aromatic heterocycles. The summed E-state index contributed by atoms with van der Waals surface area (Å²) in [6.07, 6.45) is 0. The summed E-state index contributed by atoms with van der Waals surface area (Å²) < 4.78 is 7.63. The van der Waals surface area contributed by atoms with E-state index in [4.69, 9.17) is 4.74 Å². The number of benzene rings is 1. The molecule has 18 heavy (non-hydrogen) atoms. The molecule has 96 valence electrons. The number of nitrogens with one attached hydrogen (secondary N) is 1. The van der Waals surface area contributed by atoms with E-state index in [-0.39, 0.29) is 0 Å². The molecule has 0 aliphatic carbocycles. The SMILES string of the molecule is Cc1cc2nc(SN3CCOCC3)[nH]c2cc1C. The minimum absolute atomic E-state index is 0.811. The van der Waals surface area contributed by atoms with Gasteiger partial charge in [-0.25, -0.2) is 9.29 Å². The van der Waals surface area contributed by atoms with Crippen molar-refractivity contribution in [2.45, 2.75) is 19.0 Å². The van der Waals surface area contributed by atoms with Crippen LogP contribution >= 0.6 is 11.9 Å². The number of ether oxygens (including phenoxy) is 1. The predicted octanol–water partition coefficient (Wildman–Crippen LogP) is 2.52. The molecule has 0 unspecified atom stereocenters. The van der Waals surface area contributed by atoms with Crippen LogP contribution in [0.15, 0.2) is 17.3 Å². The van der Waals surface area contributed by atoms with Crippen molar-refractivity contribution in [1.82, 2.24) is 14.3 Å². The highest BCUT2D eigenvalue weighted by Crippen LogP contribution is 2.25. The number of rotatable bonds is 2. The van der Waals surface area contributed by atoms with E-state index in [0.717, 1.165) is 42.5 Å². The van der Waals surface area contributed by atoms with Crippen molar-refractivity contribution < 1.29 is 4.74 Å². The molecule has 2 heterocycles. The summed E-state index contributed by atoms with van der Waals surface area (Å²) >= 11 is 1.69. The molecule has 4 nitrogen and oxygen atoms in total. The van der Waals surface area contributed by atoms with E-state index in [1.54, 1.807) is 11.9 Å². The Hall–Kier alpha value is -1.04. The fourth-order valence-electron chi connectivity index (χ4n) is 2.05. The maximum Gasteiger partial charge on any atom is 0.181 e. The lowest BCUT2D eigenvalue weighted by Crippen LogP contribution is -2.31.